The molecule has 1 N–H and O–H groups in total. The molecule has 2 nitrogen and oxygen atoms in total. The Kier molecular flexibility index (Phi) is 9.66. The van der Waals surface area contributed by atoms with Gasteiger partial charge in [0.1, 0.15) is 0 Å². The normalized spacial score (nSPS) is 13.8. The van der Waals surface area contributed by atoms with E-state index in [-0.39, 0.29) is 0 Å². The highest BCUT2D eigenvalue weighted by atomic mass is 32.2. The van der Waals surface area contributed by atoms with Crippen LogP contribution < -0.4 is 5.32 Å². The van der Waals surface area contributed by atoms with E-state index in [9.17, 15) is 0 Å². The third-order valence-electron chi connectivity index (χ3n) is 2.69. The highest BCUT2D eigenvalue weighted by Crippen LogP contribution is 2.05. The molecule has 0 aliphatic heterocycles. The molecule has 0 saturated carbocycles. The Bertz CT molecular complexity index is 140. The van der Waals surface area contributed by atoms with Crippen LogP contribution in [0, 0.1) is 5.92 Å². The van der Waals surface area contributed by atoms with Gasteiger partial charge >= 0.3 is 0 Å². The first-order chi connectivity index (χ1) is 7.07. The highest BCUT2D eigenvalue weighted by Gasteiger charge is 2.07. The average Bonchev–Trinajstić information content (AvgIpc) is 2.20. The van der Waals surface area contributed by atoms with Crippen molar-refractivity contribution in [2.45, 2.75) is 33.2 Å². The fourth-order valence-corrected chi connectivity index (χ4v) is 1.95. The Morgan fingerprint density at radius 2 is 1.93 bits per heavy atom. The van der Waals surface area contributed by atoms with Crippen LogP contribution >= 0.6 is 11.8 Å². The number of hydrogen-bond donors (Lipinski definition) is 1. The molecule has 0 rings (SSSR count). The van der Waals surface area contributed by atoms with Gasteiger partial charge in [-0.05, 0) is 44.9 Å². The van der Waals surface area contributed by atoms with Crippen LogP contribution in [-0.2, 0) is 0 Å². The minimum Gasteiger partial charge on any atom is -0.315 e. The van der Waals surface area contributed by atoms with Gasteiger partial charge in [-0.25, -0.2) is 0 Å². The van der Waals surface area contributed by atoms with Crippen LogP contribution in [0.1, 0.15) is 27.2 Å². The standard InChI is InChI=1S/C12H28N2S/c1-11(2)10-13-7-8-14(4)12(3)6-9-15-5/h11-13H,6-10H2,1-5H3. The van der Waals surface area contributed by atoms with E-state index in [4.69, 9.17) is 0 Å². The van der Waals surface area contributed by atoms with E-state index in [1.807, 2.05) is 11.8 Å². The Hall–Kier alpha value is 0.270. The molecular formula is C12H28N2S. The molecule has 1 unspecified atom stereocenters. The van der Waals surface area contributed by atoms with E-state index in [2.05, 4.69) is 44.3 Å². The van der Waals surface area contributed by atoms with Crippen LogP contribution in [0.4, 0.5) is 0 Å². The zero-order valence-electron chi connectivity index (χ0n) is 11.0. The molecular weight excluding hydrogens is 204 g/mol. The van der Waals surface area contributed by atoms with Crippen LogP contribution in [0.25, 0.3) is 0 Å². The van der Waals surface area contributed by atoms with Gasteiger partial charge in [-0.3, -0.25) is 0 Å². The lowest BCUT2D eigenvalue weighted by atomic mass is 10.2. The Labute approximate surface area is 100 Å². The topological polar surface area (TPSA) is 15.3 Å². The van der Waals surface area contributed by atoms with Gasteiger partial charge in [0.25, 0.3) is 0 Å². The largest absolute Gasteiger partial charge is 0.315 e. The zero-order chi connectivity index (χ0) is 11.7. The van der Waals surface area contributed by atoms with Gasteiger partial charge in [0.15, 0.2) is 0 Å². The maximum absolute atomic E-state index is 3.48. The summed E-state index contributed by atoms with van der Waals surface area (Å²) >= 11 is 1.94. The van der Waals surface area contributed by atoms with Crippen LogP contribution in [0.15, 0.2) is 0 Å². The molecule has 0 aromatic heterocycles. The van der Waals surface area contributed by atoms with Crippen molar-refractivity contribution in [2.75, 3.05) is 38.7 Å². The first-order valence-electron chi connectivity index (χ1n) is 5.97. The monoisotopic (exact) mass is 232 g/mol. The fourth-order valence-electron chi connectivity index (χ4n) is 1.38. The van der Waals surface area contributed by atoms with Crippen LogP contribution in [-0.4, -0.2) is 49.6 Å². The molecule has 0 fully saturated rings. The van der Waals surface area contributed by atoms with Crippen molar-refractivity contribution in [3.8, 4) is 0 Å². The SMILES string of the molecule is CSCCC(C)N(C)CCNCC(C)C. The summed E-state index contributed by atoms with van der Waals surface area (Å²) in [6.07, 6.45) is 3.47. The summed E-state index contributed by atoms with van der Waals surface area (Å²) in [6.45, 7) is 10.2. The lowest BCUT2D eigenvalue weighted by molar-refractivity contribution is 0.252. The van der Waals surface area contributed by atoms with Crippen molar-refractivity contribution >= 4 is 11.8 Å². The summed E-state index contributed by atoms with van der Waals surface area (Å²) in [7, 11) is 2.22. The smallest absolute Gasteiger partial charge is 0.0107 e. The van der Waals surface area contributed by atoms with Crippen molar-refractivity contribution in [3.05, 3.63) is 0 Å². The first kappa shape index (κ1) is 15.3. The van der Waals surface area contributed by atoms with Crippen LogP contribution in [0.3, 0.4) is 0 Å². The van der Waals surface area contributed by atoms with E-state index in [1.54, 1.807) is 0 Å². The molecule has 0 amide bonds. The van der Waals surface area contributed by atoms with Crippen molar-refractivity contribution in [3.63, 3.8) is 0 Å². The number of hydrogen-bond acceptors (Lipinski definition) is 3. The number of likely N-dealkylation sites (N-methyl/N-ethyl adjacent to an activating group) is 1. The van der Waals surface area contributed by atoms with Gasteiger partial charge < -0.3 is 10.2 Å². The number of nitrogens with zero attached hydrogens (tertiary/aromatic N) is 1. The number of rotatable bonds is 9. The minimum absolute atomic E-state index is 0.707. The molecule has 0 aliphatic carbocycles. The molecule has 1 atom stereocenters. The third-order valence-corrected chi connectivity index (χ3v) is 3.33. The van der Waals surface area contributed by atoms with E-state index < -0.39 is 0 Å². The van der Waals surface area contributed by atoms with E-state index in [0.29, 0.717) is 6.04 Å². The molecule has 0 bridgehead atoms. The fraction of sp³-hybridized carbons (Fsp3) is 1.00. The summed E-state index contributed by atoms with van der Waals surface area (Å²) in [5.41, 5.74) is 0. The highest BCUT2D eigenvalue weighted by molar-refractivity contribution is 7.98. The molecule has 0 saturated heterocycles. The summed E-state index contributed by atoms with van der Waals surface area (Å²) in [6, 6.07) is 0.707. The predicted molar refractivity (Wildman–Crippen MR) is 72.8 cm³/mol. The summed E-state index contributed by atoms with van der Waals surface area (Å²) < 4.78 is 0. The summed E-state index contributed by atoms with van der Waals surface area (Å²) in [4.78, 5) is 2.45. The van der Waals surface area contributed by atoms with Crippen LogP contribution in [0.5, 0.6) is 0 Å². The summed E-state index contributed by atoms with van der Waals surface area (Å²) in [5, 5.41) is 3.48. The Balaban J connectivity index is 3.42. The van der Waals surface area contributed by atoms with Gasteiger partial charge in [0, 0.05) is 19.1 Å². The Morgan fingerprint density at radius 3 is 2.47 bits per heavy atom. The van der Waals surface area contributed by atoms with Gasteiger partial charge in [-0.15, -0.1) is 0 Å². The molecule has 0 heterocycles. The van der Waals surface area contributed by atoms with E-state index in [0.717, 1.165) is 25.6 Å². The van der Waals surface area contributed by atoms with E-state index >= 15 is 0 Å². The number of nitrogens with one attached hydrogen (secondary N) is 1. The first-order valence-corrected chi connectivity index (χ1v) is 7.37. The zero-order valence-corrected chi connectivity index (χ0v) is 11.9. The second-order valence-corrected chi connectivity index (χ2v) is 5.69. The lowest BCUT2D eigenvalue weighted by Crippen LogP contribution is -2.36. The average molecular weight is 232 g/mol. The molecule has 92 valence electrons. The van der Waals surface area contributed by atoms with Gasteiger partial charge in [0.2, 0.25) is 0 Å². The van der Waals surface area contributed by atoms with Crippen LogP contribution in [0.2, 0.25) is 0 Å². The second-order valence-electron chi connectivity index (χ2n) is 4.71. The van der Waals surface area contributed by atoms with Crippen molar-refractivity contribution in [1.82, 2.24) is 10.2 Å². The minimum atomic E-state index is 0.707. The van der Waals surface area contributed by atoms with Crippen molar-refractivity contribution in [1.29, 1.82) is 0 Å². The maximum atomic E-state index is 3.48. The third kappa shape index (κ3) is 9.21. The molecule has 0 aliphatic rings. The molecule has 0 aromatic carbocycles. The molecule has 15 heavy (non-hydrogen) atoms. The van der Waals surface area contributed by atoms with Gasteiger partial charge in [-0.1, -0.05) is 13.8 Å². The van der Waals surface area contributed by atoms with Crippen molar-refractivity contribution < 1.29 is 0 Å². The Morgan fingerprint density at radius 1 is 1.27 bits per heavy atom. The lowest BCUT2D eigenvalue weighted by Gasteiger charge is -2.24. The maximum Gasteiger partial charge on any atom is 0.0107 e. The van der Waals surface area contributed by atoms with Gasteiger partial charge in [-0.2, -0.15) is 11.8 Å². The summed E-state index contributed by atoms with van der Waals surface area (Å²) in [5.74, 6) is 2.02. The second kappa shape index (κ2) is 9.49. The quantitative estimate of drug-likeness (QED) is 0.614. The molecule has 0 aromatic rings. The van der Waals surface area contributed by atoms with Gasteiger partial charge in [0.05, 0.1) is 0 Å². The number of thioether (sulfide) groups is 1. The van der Waals surface area contributed by atoms with E-state index in [1.165, 1.54) is 12.2 Å². The molecule has 0 radical (unpaired) electrons. The molecule has 3 heteroatoms. The predicted octanol–water partition coefficient (Wildman–Crippen LogP) is 2.31. The molecule has 0 spiro atoms. The van der Waals surface area contributed by atoms with Crippen molar-refractivity contribution in [2.24, 2.45) is 5.92 Å².